The van der Waals surface area contributed by atoms with Crippen molar-refractivity contribution >= 4 is 21.6 Å². The third kappa shape index (κ3) is 2.73. The number of hydrogen-bond acceptors (Lipinski definition) is 2. The molecule has 1 heterocycles. The van der Waals surface area contributed by atoms with Gasteiger partial charge in [-0.1, -0.05) is 12.1 Å². The second kappa shape index (κ2) is 4.99. The van der Waals surface area contributed by atoms with Gasteiger partial charge in [-0.25, -0.2) is 0 Å². The summed E-state index contributed by atoms with van der Waals surface area (Å²) < 4.78 is 1.20. The fourth-order valence-electron chi connectivity index (χ4n) is 1.95. The van der Waals surface area contributed by atoms with Crippen LogP contribution in [0.5, 0.6) is 0 Å². The molecule has 0 bridgehead atoms. The number of rotatable bonds is 2. The molecule has 1 aliphatic rings. The number of nitrogens with one attached hydrogen (secondary N) is 2. The topological polar surface area (TPSA) is 24.1 Å². The van der Waals surface area contributed by atoms with Crippen LogP contribution in [0.15, 0.2) is 22.7 Å². The highest BCUT2D eigenvalue weighted by atomic mass is 79.9. The fourth-order valence-corrected chi connectivity index (χ4v) is 2.32. The third-order valence-corrected chi connectivity index (χ3v) is 3.94. The van der Waals surface area contributed by atoms with E-state index in [0.29, 0.717) is 6.04 Å². The molecule has 0 aromatic heterocycles. The van der Waals surface area contributed by atoms with Crippen LogP contribution < -0.4 is 10.6 Å². The summed E-state index contributed by atoms with van der Waals surface area (Å²) in [6, 6.07) is 6.98. The molecule has 0 saturated carbocycles. The Morgan fingerprint density at radius 1 is 1.33 bits per heavy atom. The van der Waals surface area contributed by atoms with Crippen molar-refractivity contribution in [3.8, 4) is 0 Å². The lowest BCUT2D eigenvalue weighted by atomic mass is 10.1. The van der Waals surface area contributed by atoms with Gasteiger partial charge >= 0.3 is 0 Å². The first-order valence-electron chi connectivity index (χ1n) is 5.50. The van der Waals surface area contributed by atoms with E-state index in [2.05, 4.69) is 51.7 Å². The summed E-state index contributed by atoms with van der Waals surface area (Å²) in [5.74, 6) is 0. The molecular weight excluding hydrogens is 252 g/mol. The predicted molar refractivity (Wildman–Crippen MR) is 68.4 cm³/mol. The zero-order chi connectivity index (χ0) is 10.7. The third-order valence-electron chi connectivity index (χ3n) is 2.89. The van der Waals surface area contributed by atoms with Crippen LogP contribution in [0.2, 0.25) is 0 Å². The Hall–Kier alpha value is -0.540. The van der Waals surface area contributed by atoms with Crippen LogP contribution in [0.4, 0.5) is 5.69 Å². The number of aryl methyl sites for hydroxylation is 1. The summed E-state index contributed by atoms with van der Waals surface area (Å²) in [6.45, 7) is 4.37. The van der Waals surface area contributed by atoms with E-state index in [0.717, 1.165) is 13.1 Å². The summed E-state index contributed by atoms with van der Waals surface area (Å²) in [5, 5.41) is 6.98. The van der Waals surface area contributed by atoms with Gasteiger partial charge in [0.25, 0.3) is 0 Å². The van der Waals surface area contributed by atoms with Crippen LogP contribution in [0.25, 0.3) is 0 Å². The fraction of sp³-hybridized carbons (Fsp3) is 0.500. The molecule has 2 rings (SSSR count). The lowest BCUT2D eigenvalue weighted by Gasteiger charge is -2.25. The van der Waals surface area contributed by atoms with Crippen LogP contribution in [0.3, 0.4) is 0 Å². The van der Waals surface area contributed by atoms with E-state index in [4.69, 9.17) is 0 Å². The lowest BCUT2D eigenvalue weighted by molar-refractivity contribution is 0.479. The Balaban J connectivity index is 2.06. The molecule has 1 aromatic rings. The Bertz CT molecular complexity index is 332. The van der Waals surface area contributed by atoms with Gasteiger partial charge in [0.1, 0.15) is 0 Å². The van der Waals surface area contributed by atoms with E-state index in [-0.39, 0.29) is 0 Å². The van der Waals surface area contributed by atoms with Gasteiger partial charge in [-0.05, 0) is 60.4 Å². The van der Waals surface area contributed by atoms with Crippen molar-refractivity contribution in [1.82, 2.24) is 5.32 Å². The average molecular weight is 269 g/mol. The Labute approximate surface area is 99.6 Å². The van der Waals surface area contributed by atoms with Crippen molar-refractivity contribution in [2.24, 2.45) is 0 Å². The standard InChI is InChI=1S/C12H17BrN2/c1-9-3-2-4-11(12(9)13)15-10-5-7-14-8-6-10/h2-4,10,14-15H,5-8H2,1H3. The van der Waals surface area contributed by atoms with Gasteiger partial charge in [-0.15, -0.1) is 0 Å². The van der Waals surface area contributed by atoms with Crippen molar-refractivity contribution in [3.63, 3.8) is 0 Å². The van der Waals surface area contributed by atoms with Crippen LogP contribution in [0.1, 0.15) is 18.4 Å². The van der Waals surface area contributed by atoms with Gasteiger partial charge in [0.15, 0.2) is 0 Å². The smallest absolute Gasteiger partial charge is 0.0489 e. The van der Waals surface area contributed by atoms with E-state index in [1.54, 1.807) is 0 Å². The van der Waals surface area contributed by atoms with Crippen molar-refractivity contribution in [2.45, 2.75) is 25.8 Å². The Kier molecular flexibility index (Phi) is 3.65. The van der Waals surface area contributed by atoms with Crippen molar-refractivity contribution in [1.29, 1.82) is 0 Å². The van der Waals surface area contributed by atoms with Gasteiger partial charge in [-0.3, -0.25) is 0 Å². The molecule has 3 heteroatoms. The van der Waals surface area contributed by atoms with Crippen LogP contribution in [-0.4, -0.2) is 19.1 Å². The molecule has 2 N–H and O–H groups in total. The molecule has 1 fully saturated rings. The molecule has 2 nitrogen and oxygen atoms in total. The van der Waals surface area contributed by atoms with Gasteiger partial charge in [-0.2, -0.15) is 0 Å². The zero-order valence-corrected chi connectivity index (χ0v) is 10.6. The highest BCUT2D eigenvalue weighted by Gasteiger charge is 2.13. The van der Waals surface area contributed by atoms with Gasteiger partial charge in [0.05, 0.1) is 0 Å². The van der Waals surface area contributed by atoms with Crippen molar-refractivity contribution < 1.29 is 0 Å². The largest absolute Gasteiger partial charge is 0.381 e. The highest BCUT2D eigenvalue weighted by Crippen LogP contribution is 2.27. The first-order chi connectivity index (χ1) is 7.27. The highest BCUT2D eigenvalue weighted by molar-refractivity contribution is 9.10. The SMILES string of the molecule is Cc1cccc(NC2CCNCC2)c1Br. The minimum atomic E-state index is 0.615. The van der Waals surface area contributed by atoms with Gasteiger partial charge in [0.2, 0.25) is 0 Å². The molecule has 1 aromatic carbocycles. The summed E-state index contributed by atoms with van der Waals surface area (Å²) in [7, 11) is 0. The van der Waals surface area contributed by atoms with Crippen LogP contribution in [0, 0.1) is 6.92 Å². The van der Waals surface area contributed by atoms with Gasteiger partial charge < -0.3 is 10.6 Å². The predicted octanol–water partition coefficient (Wildman–Crippen LogP) is 2.92. The maximum Gasteiger partial charge on any atom is 0.0489 e. The molecule has 0 aliphatic carbocycles. The quantitative estimate of drug-likeness (QED) is 0.862. The molecule has 0 spiro atoms. The summed E-state index contributed by atoms with van der Waals surface area (Å²) in [5.41, 5.74) is 2.51. The molecule has 1 saturated heterocycles. The lowest BCUT2D eigenvalue weighted by Crippen LogP contribution is -2.35. The van der Waals surface area contributed by atoms with Gasteiger partial charge in [0, 0.05) is 16.2 Å². The van der Waals surface area contributed by atoms with Crippen LogP contribution in [-0.2, 0) is 0 Å². The number of anilines is 1. The van der Waals surface area contributed by atoms with E-state index in [1.807, 2.05) is 0 Å². The van der Waals surface area contributed by atoms with Crippen molar-refractivity contribution in [2.75, 3.05) is 18.4 Å². The van der Waals surface area contributed by atoms with E-state index in [9.17, 15) is 0 Å². The Morgan fingerprint density at radius 2 is 2.07 bits per heavy atom. The number of piperidine rings is 1. The maximum absolute atomic E-state index is 3.63. The molecule has 0 radical (unpaired) electrons. The monoisotopic (exact) mass is 268 g/mol. The minimum Gasteiger partial charge on any atom is -0.381 e. The summed E-state index contributed by atoms with van der Waals surface area (Å²) in [4.78, 5) is 0. The number of halogens is 1. The molecular formula is C12H17BrN2. The molecule has 0 amide bonds. The van der Waals surface area contributed by atoms with E-state index in [1.165, 1.54) is 28.6 Å². The van der Waals surface area contributed by atoms with Crippen LogP contribution >= 0.6 is 15.9 Å². The van der Waals surface area contributed by atoms with E-state index < -0.39 is 0 Å². The minimum absolute atomic E-state index is 0.615. The molecule has 1 aliphatic heterocycles. The van der Waals surface area contributed by atoms with E-state index >= 15 is 0 Å². The molecule has 15 heavy (non-hydrogen) atoms. The maximum atomic E-state index is 3.63. The summed E-state index contributed by atoms with van der Waals surface area (Å²) in [6.07, 6.45) is 2.42. The Morgan fingerprint density at radius 3 is 2.80 bits per heavy atom. The summed E-state index contributed by atoms with van der Waals surface area (Å²) >= 11 is 3.63. The number of benzene rings is 1. The zero-order valence-electron chi connectivity index (χ0n) is 9.02. The van der Waals surface area contributed by atoms with Crippen molar-refractivity contribution in [3.05, 3.63) is 28.2 Å². The molecule has 82 valence electrons. The molecule has 0 atom stereocenters. The first-order valence-corrected chi connectivity index (χ1v) is 6.29. The normalized spacial score (nSPS) is 17.7. The molecule has 0 unspecified atom stereocenters. The first kappa shape index (κ1) is 11.0. The second-order valence-electron chi connectivity index (χ2n) is 4.11. The second-order valence-corrected chi connectivity index (χ2v) is 4.90. The number of hydrogen-bond donors (Lipinski definition) is 2. The average Bonchev–Trinajstić information content (AvgIpc) is 2.26.